The summed E-state index contributed by atoms with van der Waals surface area (Å²) < 4.78 is 5.35. The molecule has 1 N–H and O–H groups in total. The maximum atomic E-state index is 12.1. The summed E-state index contributed by atoms with van der Waals surface area (Å²) in [6, 6.07) is 8.38. The number of piperazine rings is 1. The predicted octanol–water partition coefficient (Wildman–Crippen LogP) is -0.387. The molecule has 1 saturated heterocycles. The predicted molar refractivity (Wildman–Crippen MR) is 82.7 cm³/mol. The third-order valence-corrected chi connectivity index (χ3v) is 3.83. The third-order valence-electron chi connectivity index (χ3n) is 3.83. The molecule has 0 saturated carbocycles. The average molecular weight is 320 g/mol. The quantitative estimate of drug-likeness (QED) is 0.823. The lowest BCUT2D eigenvalue weighted by Gasteiger charge is -2.37. The van der Waals surface area contributed by atoms with Crippen molar-refractivity contribution in [3.05, 3.63) is 35.9 Å². The Morgan fingerprint density at radius 1 is 1.17 bits per heavy atom. The molecule has 6 heteroatoms. The Bertz CT molecular complexity index is 545. The molecule has 1 heterocycles. The van der Waals surface area contributed by atoms with Crippen LogP contribution in [-0.2, 0) is 9.53 Å². The van der Waals surface area contributed by atoms with Crippen molar-refractivity contribution in [1.82, 2.24) is 4.90 Å². The molecule has 0 radical (unpaired) electrons. The Labute approximate surface area is 136 Å². The first-order chi connectivity index (χ1) is 10.8. The Balaban J connectivity index is 2.00. The maximum Gasteiger partial charge on any atom is 0.410 e. The fourth-order valence-electron chi connectivity index (χ4n) is 2.78. The molecule has 0 aliphatic carbocycles. The van der Waals surface area contributed by atoms with Gasteiger partial charge in [0, 0.05) is 5.56 Å². The number of aliphatic carboxylic acids is 1. The van der Waals surface area contributed by atoms with E-state index in [9.17, 15) is 14.7 Å². The second-order valence-electron chi connectivity index (χ2n) is 6.79. The molecule has 1 fully saturated rings. The van der Waals surface area contributed by atoms with E-state index in [4.69, 9.17) is 4.74 Å². The summed E-state index contributed by atoms with van der Waals surface area (Å²) in [4.78, 5) is 26.2. The van der Waals surface area contributed by atoms with Crippen molar-refractivity contribution < 1.29 is 24.3 Å². The lowest BCUT2D eigenvalue weighted by Crippen LogP contribution is -3.16. The molecule has 2 rings (SSSR count). The summed E-state index contributed by atoms with van der Waals surface area (Å²) in [6.45, 7) is 7.52. The van der Waals surface area contributed by atoms with Crippen molar-refractivity contribution >= 4 is 12.1 Å². The molecule has 1 aromatic rings. The molecule has 1 aromatic carbocycles. The van der Waals surface area contributed by atoms with E-state index in [2.05, 4.69) is 0 Å². The number of carboxylic acids is 1. The average Bonchev–Trinajstić information content (AvgIpc) is 2.47. The van der Waals surface area contributed by atoms with Gasteiger partial charge in [-0.05, 0) is 20.8 Å². The zero-order valence-corrected chi connectivity index (χ0v) is 13.9. The van der Waals surface area contributed by atoms with Crippen LogP contribution in [0.15, 0.2) is 30.3 Å². The highest BCUT2D eigenvalue weighted by Crippen LogP contribution is 2.12. The summed E-state index contributed by atoms with van der Waals surface area (Å²) in [5.74, 6) is -1.09. The summed E-state index contributed by atoms with van der Waals surface area (Å²) in [5.41, 5.74) is 0.201. The van der Waals surface area contributed by atoms with Crippen molar-refractivity contribution in [2.45, 2.75) is 32.4 Å². The van der Waals surface area contributed by atoms with Gasteiger partial charge in [0.25, 0.3) is 0 Å². The largest absolute Gasteiger partial charge is 0.544 e. The Hall–Kier alpha value is -2.08. The van der Waals surface area contributed by atoms with E-state index in [1.807, 2.05) is 39.0 Å². The smallest absolute Gasteiger partial charge is 0.410 e. The highest BCUT2D eigenvalue weighted by atomic mass is 16.6. The van der Waals surface area contributed by atoms with E-state index >= 15 is 0 Å². The molecule has 0 aromatic heterocycles. The number of carbonyl (C=O) groups excluding carboxylic acids is 2. The molecule has 1 aliphatic rings. The van der Waals surface area contributed by atoms with Gasteiger partial charge in [-0.15, -0.1) is 0 Å². The first-order valence-corrected chi connectivity index (χ1v) is 7.86. The Morgan fingerprint density at radius 2 is 1.74 bits per heavy atom. The molecule has 1 amide bonds. The van der Waals surface area contributed by atoms with Gasteiger partial charge in [0.15, 0.2) is 6.04 Å². The SMILES string of the molecule is CC(C)(C)OC(=O)N1CC[NH+]([C@H](C(=O)[O-])c2ccccc2)CC1. The molecule has 126 valence electrons. The third kappa shape index (κ3) is 4.69. The highest BCUT2D eigenvalue weighted by Gasteiger charge is 2.32. The molecule has 0 spiro atoms. The number of amides is 1. The van der Waals surface area contributed by atoms with Crippen molar-refractivity contribution in [3.8, 4) is 0 Å². The van der Waals surface area contributed by atoms with Crippen LogP contribution in [-0.4, -0.2) is 48.7 Å². The van der Waals surface area contributed by atoms with Crippen molar-refractivity contribution in [3.63, 3.8) is 0 Å². The number of ether oxygens (including phenoxy) is 1. The van der Waals surface area contributed by atoms with Gasteiger partial charge >= 0.3 is 6.09 Å². The van der Waals surface area contributed by atoms with E-state index in [1.165, 1.54) is 0 Å². The summed E-state index contributed by atoms with van der Waals surface area (Å²) >= 11 is 0. The van der Waals surface area contributed by atoms with Gasteiger partial charge in [0.1, 0.15) is 11.6 Å². The maximum absolute atomic E-state index is 12.1. The monoisotopic (exact) mass is 320 g/mol. The minimum atomic E-state index is -1.09. The normalized spacial score (nSPS) is 17.6. The van der Waals surface area contributed by atoms with Gasteiger partial charge in [-0.2, -0.15) is 0 Å². The van der Waals surface area contributed by atoms with E-state index < -0.39 is 17.6 Å². The minimum absolute atomic E-state index is 0.346. The zero-order chi connectivity index (χ0) is 17.0. The summed E-state index contributed by atoms with van der Waals surface area (Å²) in [7, 11) is 0. The van der Waals surface area contributed by atoms with Crippen molar-refractivity contribution in [1.29, 1.82) is 0 Å². The van der Waals surface area contributed by atoms with Crippen LogP contribution in [0.2, 0.25) is 0 Å². The number of hydrogen-bond acceptors (Lipinski definition) is 4. The van der Waals surface area contributed by atoms with Crippen LogP contribution < -0.4 is 10.0 Å². The van der Waals surface area contributed by atoms with Crippen molar-refractivity contribution in [2.75, 3.05) is 26.2 Å². The highest BCUT2D eigenvalue weighted by molar-refractivity contribution is 5.72. The number of benzene rings is 1. The van der Waals surface area contributed by atoms with Crippen LogP contribution >= 0.6 is 0 Å². The molecule has 23 heavy (non-hydrogen) atoms. The second kappa shape index (κ2) is 7.00. The second-order valence-corrected chi connectivity index (χ2v) is 6.79. The molecular weight excluding hydrogens is 296 g/mol. The Morgan fingerprint density at radius 3 is 2.22 bits per heavy atom. The van der Waals surface area contributed by atoms with Crippen LogP contribution in [0.5, 0.6) is 0 Å². The van der Waals surface area contributed by atoms with Crippen LogP contribution in [0.25, 0.3) is 0 Å². The van der Waals surface area contributed by atoms with Crippen LogP contribution in [0.3, 0.4) is 0 Å². The number of nitrogens with zero attached hydrogens (tertiary/aromatic N) is 1. The number of nitrogens with one attached hydrogen (secondary N) is 1. The van der Waals surface area contributed by atoms with E-state index in [0.29, 0.717) is 26.2 Å². The number of rotatable bonds is 3. The lowest BCUT2D eigenvalue weighted by molar-refractivity contribution is -0.928. The van der Waals surface area contributed by atoms with E-state index in [1.54, 1.807) is 17.0 Å². The van der Waals surface area contributed by atoms with E-state index in [0.717, 1.165) is 10.5 Å². The zero-order valence-electron chi connectivity index (χ0n) is 13.9. The number of carbonyl (C=O) groups is 2. The molecule has 1 atom stereocenters. The fourth-order valence-corrected chi connectivity index (χ4v) is 2.78. The molecule has 6 nitrogen and oxygen atoms in total. The van der Waals surface area contributed by atoms with Gasteiger partial charge in [-0.25, -0.2) is 4.79 Å². The molecule has 0 unspecified atom stereocenters. The van der Waals surface area contributed by atoms with Gasteiger partial charge < -0.3 is 19.5 Å². The van der Waals surface area contributed by atoms with E-state index in [-0.39, 0.29) is 6.09 Å². The number of quaternary nitrogens is 1. The molecular formula is C17H24N2O4. The van der Waals surface area contributed by atoms with Gasteiger partial charge in [-0.1, -0.05) is 30.3 Å². The number of hydrogen-bond donors (Lipinski definition) is 1. The first-order valence-electron chi connectivity index (χ1n) is 7.86. The van der Waals surface area contributed by atoms with Crippen LogP contribution in [0.1, 0.15) is 32.4 Å². The van der Waals surface area contributed by atoms with Gasteiger partial charge in [0.2, 0.25) is 0 Å². The standard InChI is InChI=1S/C17H24N2O4/c1-17(2,3)23-16(22)19-11-9-18(10-12-19)14(15(20)21)13-7-5-4-6-8-13/h4-8,14H,9-12H2,1-3H3,(H,20,21)/t14-/m0/s1. The lowest BCUT2D eigenvalue weighted by atomic mass is 10.0. The molecule has 0 bridgehead atoms. The summed E-state index contributed by atoms with van der Waals surface area (Å²) in [5, 5.41) is 11.6. The van der Waals surface area contributed by atoms with Gasteiger partial charge in [-0.3, -0.25) is 4.90 Å². The fraction of sp³-hybridized carbons (Fsp3) is 0.529. The first kappa shape index (κ1) is 17.3. The topological polar surface area (TPSA) is 74.1 Å². The van der Waals surface area contributed by atoms with Gasteiger partial charge in [0.05, 0.1) is 26.2 Å². The molecule has 1 aliphatic heterocycles. The Kier molecular flexibility index (Phi) is 5.26. The minimum Gasteiger partial charge on any atom is -0.544 e. The van der Waals surface area contributed by atoms with Crippen LogP contribution in [0.4, 0.5) is 4.79 Å². The number of carboxylic acid groups (broad SMARTS) is 1. The van der Waals surface area contributed by atoms with Crippen LogP contribution in [0, 0.1) is 0 Å². The van der Waals surface area contributed by atoms with Crippen molar-refractivity contribution in [2.24, 2.45) is 0 Å². The summed E-state index contributed by atoms with van der Waals surface area (Å²) in [6.07, 6.45) is -0.346.